The van der Waals surface area contributed by atoms with E-state index in [1.165, 1.54) is 24.3 Å². The summed E-state index contributed by atoms with van der Waals surface area (Å²) in [7, 11) is 0. The Morgan fingerprint density at radius 3 is 2.17 bits per heavy atom. The van der Waals surface area contributed by atoms with Crippen LogP contribution in [0.4, 0.5) is 9.18 Å². The van der Waals surface area contributed by atoms with Crippen molar-refractivity contribution in [2.24, 2.45) is 0 Å². The van der Waals surface area contributed by atoms with Gasteiger partial charge >= 0.3 is 6.03 Å². The van der Waals surface area contributed by atoms with Crippen LogP contribution in [0.3, 0.4) is 0 Å². The van der Waals surface area contributed by atoms with Crippen molar-refractivity contribution in [2.45, 2.75) is 63.6 Å². The molecule has 1 saturated heterocycles. The lowest BCUT2D eigenvalue weighted by Gasteiger charge is -2.35. The second-order valence-corrected chi connectivity index (χ2v) is 7.91. The summed E-state index contributed by atoms with van der Waals surface area (Å²) in [6.07, 6.45) is 5.57. The number of rotatable bonds is 5. The van der Waals surface area contributed by atoms with Gasteiger partial charge in [-0.1, -0.05) is 12.8 Å². The predicted octanol–water partition coefficient (Wildman–Crippen LogP) is 2.18. The Bertz CT molecular complexity index is 726. The molecular weight excluding hydrogens is 375 g/mol. The number of nitrogens with zero attached hydrogens (tertiary/aromatic N) is 1. The number of urea groups is 1. The van der Waals surface area contributed by atoms with Gasteiger partial charge in [0.15, 0.2) is 0 Å². The van der Waals surface area contributed by atoms with E-state index in [0.29, 0.717) is 31.5 Å². The van der Waals surface area contributed by atoms with Crippen molar-refractivity contribution in [3.8, 4) is 0 Å². The van der Waals surface area contributed by atoms with Crippen molar-refractivity contribution < 1.29 is 18.8 Å². The number of likely N-dealkylation sites (tertiary alicyclic amines) is 1. The van der Waals surface area contributed by atoms with Gasteiger partial charge in [-0.3, -0.25) is 19.8 Å². The fourth-order valence-electron chi connectivity index (χ4n) is 3.97. The van der Waals surface area contributed by atoms with Gasteiger partial charge in [0, 0.05) is 30.7 Å². The molecule has 3 N–H and O–H groups in total. The Balaban J connectivity index is 1.40. The molecule has 0 aromatic heterocycles. The summed E-state index contributed by atoms with van der Waals surface area (Å²) in [5, 5.41) is 8.26. The third-order valence-electron chi connectivity index (χ3n) is 5.83. The molecule has 1 aliphatic heterocycles. The van der Waals surface area contributed by atoms with Crippen LogP contribution in [0.15, 0.2) is 24.3 Å². The van der Waals surface area contributed by atoms with Crippen molar-refractivity contribution in [1.29, 1.82) is 0 Å². The quantitative estimate of drug-likeness (QED) is 0.702. The molecule has 1 aliphatic carbocycles. The van der Waals surface area contributed by atoms with Crippen LogP contribution in [-0.4, -0.2) is 54.0 Å². The van der Waals surface area contributed by atoms with Crippen molar-refractivity contribution >= 4 is 17.8 Å². The van der Waals surface area contributed by atoms with Gasteiger partial charge in [0.05, 0.1) is 6.04 Å². The van der Waals surface area contributed by atoms with Crippen molar-refractivity contribution in [3.05, 3.63) is 35.6 Å². The van der Waals surface area contributed by atoms with E-state index in [0.717, 1.165) is 25.7 Å². The summed E-state index contributed by atoms with van der Waals surface area (Å²) in [5.41, 5.74) is 0.426. The number of nitrogens with one attached hydrogen (secondary N) is 3. The highest BCUT2D eigenvalue weighted by molar-refractivity contribution is 5.97. The van der Waals surface area contributed by atoms with E-state index in [2.05, 4.69) is 16.0 Å². The molecular formula is C21H29FN4O3. The van der Waals surface area contributed by atoms with Gasteiger partial charge < -0.3 is 10.6 Å². The highest BCUT2D eigenvalue weighted by Crippen LogP contribution is 2.17. The lowest BCUT2D eigenvalue weighted by atomic mass is 10.0. The van der Waals surface area contributed by atoms with Crippen molar-refractivity contribution in [1.82, 2.24) is 20.9 Å². The predicted molar refractivity (Wildman–Crippen MR) is 107 cm³/mol. The Labute approximate surface area is 170 Å². The average Bonchev–Trinajstić information content (AvgIpc) is 3.21. The Hall–Kier alpha value is -2.48. The van der Waals surface area contributed by atoms with E-state index in [1.807, 2.05) is 4.90 Å². The second-order valence-electron chi connectivity index (χ2n) is 7.91. The molecule has 0 radical (unpaired) electrons. The number of hydrogen-bond donors (Lipinski definition) is 3. The Morgan fingerprint density at radius 1 is 0.966 bits per heavy atom. The maximum Gasteiger partial charge on any atom is 0.321 e. The first kappa shape index (κ1) is 21.2. The Kier molecular flexibility index (Phi) is 7.19. The van der Waals surface area contributed by atoms with Gasteiger partial charge in [-0.25, -0.2) is 9.18 Å². The molecule has 1 atom stereocenters. The molecule has 29 heavy (non-hydrogen) atoms. The highest BCUT2D eigenvalue weighted by atomic mass is 19.1. The minimum atomic E-state index is -0.421. The summed E-state index contributed by atoms with van der Waals surface area (Å²) >= 11 is 0. The van der Waals surface area contributed by atoms with Crippen LogP contribution < -0.4 is 16.0 Å². The first-order valence-corrected chi connectivity index (χ1v) is 10.3. The lowest BCUT2D eigenvalue weighted by molar-refractivity contribution is -0.125. The highest BCUT2D eigenvalue weighted by Gasteiger charge is 2.28. The van der Waals surface area contributed by atoms with Gasteiger partial charge in [-0.2, -0.15) is 0 Å². The molecule has 2 aliphatic rings. The van der Waals surface area contributed by atoms with E-state index in [9.17, 15) is 18.8 Å². The third-order valence-corrected chi connectivity index (χ3v) is 5.83. The van der Waals surface area contributed by atoms with E-state index in [4.69, 9.17) is 0 Å². The molecule has 158 valence electrons. The summed E-state index contributed by atoms with van der Waals surface area (Å²) < 4.78 is 13.0. The number of amides is 4. The van der Waals surface area contributed by atoms with Crippen LogP contribution in [0.5, 0.6) is 0 Å². The zero-order valence-electron chi connectivity index (χ0n) is 16.7. The van der Waals surface area contributed by atoms with Crippen LogP contribution in [0, 0.1) is 5.82 Å². The van der Waals surface area contributed by atoms with E-state index >= 15 is 0 Å². The molecule has 3 rings (SSSR count). The number of benzene rings is 1. The van der Waals surface area contributed by atoms with Crippen molar-refractivity contribution in [3.63, 3.8) is 0 Å². The molecule has 7 nitrogen and oxygen atoms in total. The van der Waals surface area contributed by atoms with Crippen LogP contribution in [0.2, 0.25) is 0 Å². The van der Waals surface area contributed by atoms with Crippen LogP contribution >= 0.6 is 0 Å². The van der Waals surface area contributed by atoms with E-state index in [1.54, 1.807) is 6.92 Å². The van der Waals surface area contributed by atoms with Crippen molar-refractivity contribution in [2.75, 3.05) is 13.1 Å². The van der Waals surface area contributed by atoms with E-state index in [-0.39, 0.29) is 29.7 Å². The molecule has 4 amide bonds. The smallest absolute Gasteiger partial charge is 0.321 e. The largest absolute Gasteiger partial charge is 0.349 e. The SMILES string of the molecule is CC(C(=O)NC(=O)NC1CCCC1)N1CCC(NC(=O)c2ccc(F)cc2)CC1. The van der Waals surface area contributed by atoms with Gasteiger partial charge in [0.2, 0.25) is 5.91 Å². The molecule has 2 fully saturated rings. The summed E-state index contributed by atoms with van der Waals surface area (Å²) in [6.45, 7) is 3.08. The summed E-state index contributed by atoms with van der Waals surface area (Å²) in [6, 6.07) is 4.78. The van der Waals surface area contributed by atoms with Gasteiger partial charge in [0.25, 0.3) is 5.91 Å². The molecule has 1 heterocycles. The molecule has 1 saturated carbocycles. The third kappa shape index (κ3) is 6.00. The Morgan fingerprint density at radius 2 is 1.55 bits per heavy atom. The topological polar surface area (TPSA) is 90.5 Å². The molecule has 1 aromatic rings. The number of halogens is 1. The number of hydrogen-bond acceptors (Lipinski definition) is 4. The molecule has 0 spiro atoms. The maximum atomic E-state index is 13.0. The second kappa shape index (κ2) is 9.82. The maximum absolute atomic E-state index is 13.0. The van der Waals surface area contributed by atoms with Crippen LogP contribution in [-0.2, 0) is 4.79 Å². The minimum Gasteiger partial charge on any atom is -0.349 e. The zero-order valence-corrected chi connectivity index (χ0v) is 16.7. The fraction of sp³-hybridized carbons (Fsp3) is 0.571. The molecule has 8 heteroatoms. The molecule has 0 bridgehead atoms. The van der Waals surface area contributed by atoms with Gasteiger partial charge in [-0.05, 0) is 56.9 Å². The van der Waals surface area contributed by atoms with E-state index < -0.39 is 12.1 Å². The minimum absolute atomic E-state index is 0.00438. The lowest BCUT2D eigenvalue weighted by Crippen LogP contribution is -2.54. The van der Waals surface area contributed by atoms with Gasteiger partial charge in [0.1, 0.15) is 5.82 Å². The number of piperidine rings is 1. The number of carbonyl (C=O) groups excluding carboxylic acids is 3. The summed E-state index contributed by atoms with van der Waals surface area (Å²) in [5.74, 6) is -0.911. The number of carbonyl (C=O) groups is 3. The fourth-order valence-corrected chi connectivity index (χ4v) is 3.97. The molecule has 1 unspecified atom stereocenters. The molecule has 1 aromatic carbocycles. The van der Waals surface area contributed by atoms with Crippen LogP contribution in [0.25, 0.3) is 0 Å². The zero-order chi connectivity index (χ0) is 20.8. The first-order chi connectivity index (χ1) is 13.9. The monoisotopic (exact) mass is 404 g/mol. The average molecular weight is 404 g/mol. The standard InChI is InChI=1S/C21H29FN4O3/c1-14(19(27)25-21(29)24-17-4-2-3-5-17)26-12-10-18(11-13-26)23-20(28)15-6-8-16(22)9-7-15/h6-9,14,17-18H,2-5,10-13H2,1H3,(H,23,28)(H2,24,25,27,29). The van der Waals surface area contributed by atoms with Crippen LogP contribution in [0.1, 0.15) is 55.8 Å². The normalized spacial score (nSPS) is 19.5. The summed E-state index contributed by atoms with van der Waals surface area (Å²) in [4.78, 5) is 38.6. The first-order valence-electron chi connectivity index (χ1n) is 10.3. The number of imide groups is 1. The van der Waals surface area contributed by atoms with Gasteiger partial charge in [-0.15, -0.1) is 0 Å².